The van der Waals surface area contributed by atoms with Gasteiger partial charge in [0.25, 0.3) is 0 Å². The Morgan fingerprint density at radius 1 is 1.25 bits per heavy atom. The van der Waals surface area contributed by atoms with Crippen molar-refractivity contribution in [2.45, 2.75) is 51.8 Å². The Hall–Kier alpha value is -0.770. The fraction of sp³-hybridized carbons (Fsp3) is 0.625. The van der Waals surface area contributed by atoms with Crippen molar-refractivity contribution in [2.24, 2.45) is 0 Å². The molecule has 1 aliphatic rings. The molecule has 112 valence electrons. The third kappa shape index (κ3) is 5.70. The van der Waals surface area contributed by atoms with Gasteiger partial charge in [-0.15, -0.1) is 0 Å². The second-order valence-electron chi connectivity index (χ2n) is 6.23. The highest BCUT2D eigenvalue weighted by Crippen LogP contribution is 2.26. The van der Waals surface area contributed by atoms with E-state index in [0.717, 1.165) is 12.3 Å². The Bertz CT molecular complexity index is 439. The van der Waals surface area contributed by atoms with Gasteiger partial charge in [0.1, 0.15) is 12.4 Å². The van der Waals surface area contributed by atoms with Gasteiger partial charge < -0.3 is 14.8 Å². The molecule has 0 saturated heterocycles. The molecule has 20 heavy (non-hydrogen) atoms. The molecule has 1 aromatic rings. The first-order valence-corrected chi connectivity index (χ1v) is 7.60. The monoisotopic (exact) mass is 297 g/mol. The van der Waals surface area contributed by atoms with Crippen LogP contribution in [0.5, 0.6) is 5.75 Å². The topological polar surface area (TPSA) is 30.5 Å². The normalized spacial score (nSPS) is 15.4. The van der Waals surface area contributed by atoms with Crippen molar-refractivity contribution in [3.8, 4) is 5.75 Å². The van der Waals surface area contributed by atoms with Gasteiger partial charge in [-0.05, 0) is 51.3 Å². The second kappa shape index (κ2) is 6.79. The Labute approximate surface area is 126 Å². The van der Waals surface area contributed by atoms with E-state index in [1.54, 1.807) is 0 Å². The minimum Gasteiger partial charge on any atom is -0.490 e. The van der Waals surface area contributed by atoms with Crippen LogP contribution >= 0.6 is 11.6 Å². The maximum atomic E-state index is 6.24. The highest BCUT2D eigenvalue weighted by molar-refractivity contribution is 6.32. The van der Waals surface area contributed by atoms with Crippen LogP contribution in [0.3, 0.4) is 0 Å². The van der Waals surface area contributed by atoms with Crippen molar-refractivity contribution in [3.63, 3.8) is 0 Å². The zero-order chi connectivity index (χ0) is 14.6. The van der Waals surface area contributed by atoms with Crippen LogP contribution in [0.25, 0.3) is 0 Å². The Morgan fingerprint density at radius 3 is 2.60 bits per heavy atom. The van der Waals surface area contributed by atoms with Crippen molar-refractivity contribution in [3.05, 3.63) is 28.8 Å². The lowest BCUT2D eigenvalue weighted by Crippen LogP contribution is -2.22. The molecular formula is C16H24ClNO2. The number of benzene rings is 1. The standard InChI is InChI=1S/C16H24ClNO2/c1-16(2,3)20-9-8-19-15-7-4-12(10-14(15)17)11-18-13-5-6-13/h4,7,10,13,18H,5-6,8-9,11H2,1-3H3. The molecule has 3 nitrogen and oxygen atoms in total. The number of halogens is 1. The van der Waals surface area contributed by atoms with Crippen LogP contribution in [0.4, 0.5) is 0 Å². The first-order valence-electron chi connectivity index (χ1n) is 7.22. The van der Waals surface area contributed by atoms with E-state index >= 15 is 0 Å². The molecule has 0 radical (unpaired) electrons. The van der Waals surface area contributed by atoms with Crippen LogP contribution in [0.15, 0.2) is 18.2 Å². The molecule has 0 aliphatic heterocycles. The second-order valence-corrected chi connectivity index (χ2v) is 6.64. The lowest BCUT2D eigenvalue weighted by Gasteiger charge is -2.19. The first kappa shape index (κ1) is 15.6. The average molecular weight is 298 g/mol. The van der Waals surface area contributed by atoms with E-state index in [1.807, 2.05) is 32.9 Å². The van der Waals surface area contributed by atoms with Gasteiger partial charge in [0.2, 0.25) is 0 Å². The van der Waals surface area contributed by atoms with Crippen LogP contribution in [0.2, 0.25) is 5.02 Å². The predicted molar refractivity (Wildman–Crippen MR) is 82.5 cm³/mol. The summed E-state index contributed by atoms with van der Waals surface area (Å²) in [4.78, 5) is 0. The fourth-order valence-corrected chi connectivity index (χ4v) is 2.08. The van der Waals surface area contributed by atoms with Gasteiger partial charge in [-0.2, -0.15) is 0 Å². The smallest absolute Gasteiger partial charge is 0.138 e. The van der Waals surface area contributed by atoms with Crippen LogP contribution in [0, 0.1) is 0 Å². The van der Waals surface area contributed by atoms with E-state index in [2.05, 4.69) is 11.4 Å². The minimum absolute atomic E-state index is 0.133. The van der Waals surface area contributed by atoms with Gasteiger partial charge in [-0.1, -0.05) is 17.7 Å². The predicted octanol–water partition coefficient (Wildman–Crippen LogP) is 3.79. The Balaban J connectivity index is 1.76. The highest BCUT2D eigenvalue weighted by atomic mass is 35.5. The maximum absolute atomic E-state index is 6.24. The number of hydrogen-bond donors (Lipinski definition) is 1. The molecule has 0 bridgehead atoms. The molecule has 0 spiro atoms. The summed E-state index contributed by atoms with van der Waals surface area (Å²) in [6, 6.07) is 6.67. The molecule has 0 unspecified atom stereocenters. The SMILES string of the molecule is CC(C)(C)OCCOc1ccc(CNC2CC2)cc1Cl. The zero-order valence-corrected chi connectivity index (χ0v) is 13.3. The maximum Gasteiger partial charge on any atom is 0.138 e. The van der Waals surface area contributed by atoms with Gasteiger partial charge >= 0.3 is 0 Å². The summed E-state index contributed by atoms with van der Waals surface area (Å²) in [5, 5.41) is 4.13. The number of rotatable bonds is 7. The summed E-state index contributed by atoms with van der Waals surface area (Å²) in [5.74, 6) is 0.722. The lowest BCUT2D eigenvalue weighted by atomic mass is 10.2. The van der Waals surface area contributed by atoms with Crippen molar-refractivity contribution in [1.29, 1.82) is 0 Å². The van der Waals surface area contributed by atoms with Crippen molar-refractivity contribution in [2.75, 3.05) is 13.2 Å². The van der Waals surface area contributed by atoms with E-state index in [1.165, 1.54) is 18.4 Å². The molecule has 1 saturated carbocycles. The molecule has 0 heterocycles. The van der Waals surface area contributed by atoms with Crippen molar-refractivity contribution < 1.29 is 9.47 Å². The van der Waals surface area contributed by atoms with Crippen LogP contribution in [-0.4, -0.2) is 24.9 Å². The number of nitrogens with one attached hydrogen (secondary N) is 1. The van der Waals surface area contributed by atoms with E-state index in [4.69, 9.17) is 21.1 Å². The lowest BCUT2D eigenvalue weighted by molar-refractivity contribution is -0.0162. The Morgan fingerprint density at radius 2 is 2.00 bits per heavy atom. The van der Waals surface area contributed by atoms with Gasteiger partial charge in [-0.3, -0.25) is 0 Å². The molecule has 4 heteroatoms. The molecular weight excluding hydrogens is 274 g/mol. The van der Waals surface area contributed by atoms with E-state index in [-0.39, 0.29) is 5.60 Å². The minimum atomic E-state index is -0.133. The molecule has 1 aliphatic carbocycles. The molecule has 1 aromatic carbocycles. The third-order valence-electron chi connectivity index (χ3n) is 3.04. The van der Waals surface area contributed by atoms with Crippen molar-refractivity contribution in [1.82, 2.24) is 5.32 Å². The molecule has 2 rings (SSSR count). The largest absolute Gasteiger partial charge is 0.490 e. The van der Waals surface area contributed by atoms with E-state index in [0.29, 0.717) is 24.3 Å². The van der Waals surface area contributed by atoms with Crippen LogP contribution in [0.1, 0.15) is 39.2 Å². The summed E-state index contributed by atoms with van der Waals surface area (Å²) in [6.45, 7) is 8.03. The average Bonchev–Trinajstić information content (AvgIpc) is 3.17. The Kier molecular flexibility index (Phi) is 5.30. The van der Waals surface area contributed by atoms with Crippen molar-refractivity contribution >= 4 is 11.6 Å². The highest BCUT2D eigenvalue weighted by Gasteiger charge is 2.20. The van der Waals surface area contributed by atoms with E-state index in [9.17, 15) is 0 Å². The number of ether oxygens (including phenoxy) is 2. The quantitative estimate of drug-likeness (QED) is 0.777. The zero-order valence-electron chi connectivity index (χ0n) is 12.5. The summed E-state index contributed by atoms with van der Waals surface area (Å²) >= 11 is 6.24. The summed E-state index contributed by atoms with van der Waals surface area (Å²) in [5.41, 5.74) is 1.06. The molecule has 1 fully saturated rings. The fourth-order valence-electron chi connectivity index (χ4n) is 1.82. The summed E-state index contributed by atoms with van der Waals surface area (Å²) in [7, 11) is 0. The van der Waals surface area contributed by atoms with Gasteiger partial charge in [0.05, 0.1) is 17.2 Å². The first-order chi connectivity index (χ1) is 9.44. The van der Waals surface area contributed by atoms with Crippen LogP contribution in [-0.2, 0) is 11.3 Å². The third-order valence-corrected chi connectivity index (χ3v) is 3.34. The molecule has 0 atom stereocenters. The molecule has 1 N–H and O–H groups in total. The molecule has 0 amide bonds. The van der Waals surface area contributed by atoms with Gasteiger partial charge in [0, 0.05) is 12.6 Å². The van der Waals surface area contributed by atoms with Crippen LogP contribution < -0.4 is 10.1 Å². The van der Waals surface area contributed by atoms with Gasteiger partial charge in [-0.25, -0.2) is 0 Å². The van der Waals surface area contributed by atoms with E-state index < -0.39 is 0 Å². The summed E-state index contributed by atoms with van der Waals surface area (Å²) < 4.78 is 11.3. The molecule has 0 aromatic heterocycles. The summed E-state index contributed by atoms with van der Waals surface area (Å²) in [6.07, 6.45) is 2.59. The van der Waals surface area contributed by atoms with Gasteiger partial charge in [0.15, 0.2) is 0 Å². The number of hydrogen-bond acceptors (Lipinski definition) is 3.